The maximum atomic E-state index is 12.7. The quantitative estimate of drug-likeness (QED) is 0.719. The van der Waals surface area contributed by atoms with Crippen LogP contribution in [0.5, 0.6) is 5.75 Å². The summed E-state index contributed by atoms with van der Waals surface area (Å²) >= 11 is 0. The number of benzene rings is 1. The molecule has 0 aromatic heterocycles. The molecule has 0 fully saturated rings. The van der Waals surface area contributed by atoms with Crippen molar-refractivity contribution in [3.63, 3.8) is 0 Å². The number of hydrogen-bond donors (Lipinski definition) is 3. The summed E-state index contributed by atoms with van der Waals surface area (Å²) in [6.45, 7) is 1.63. The normalized spacial score (nSPS) is 12.2. The number of phenolic OH excluding ortho intramolecular Hbond substituents is 1. The second-order valence-electron chi connectivity index (χ2n) is 3.42. The van der Waals surface area contributed by atoms with E-state index in [4.69, 9.17) is 5.11 Å². The third kappa shape index (κ3) is 2.93. The smallest absolute Gasteiger partial charge is 0.255 e. The van der Waals surface area contributed by atoms with E-state index in [0.29, 0.717) is 6.42 Å². The second kappa shape index (κ2) is 5.46. The number of carbonyl (C=O) groups excluding carboxylic acids is 1. The highest BCUT2D eigenvalue weighted by Gasteiger charge is 2.14. The summed E-state index contributed by atoms with van der Waals surface area (Å²) in [7, 11) is 0. The van der Waals surface area contributed by atoms with E-state index in [1.165, 1.54) is 6.07 Å². The topological polar surface area (TPSA) is 69.6 Å². The Hall–Kier alpha value is -1.62. The van der Waals surface area contributed by atoms with Gasteiger partial charge in [0.2, 0.25) is 0 Å². The Morgan fingerprint density at radius 1 is 1.56 bits per heavy atom. The molecule has 0 aliphatic carbocycles. The van der Waals surface area contributed by atoms with E-state index >= 15 is 0 Å². The van der Waals surface area contributed by atoms with E-state index in [1.54, 1.807) is 0 Å². The van der Waals surface area contributed by atoms with E-state index in [0.717, 1.165) is 12.1 Å². The average molecular weight is 227 g/mol. The molecule has 0 heterocycles. The van der Waals surface area contributed by atoms with Crippen LogP contribution in [0.3, 0.4) is 0 Å². The number of halogens is 1. The van der Waals surface area contributed by atoms with Gasteiger partial charge in [-0.3, -0.25) is 4.79 Å². The zero-order chi connectivity index (χ0) is 12.1. The number of nitrogens with one attached hydrogen (secondary N) is 1. The lowest BCUT2D eigenvalue weighted by atomic mass is 10.1. The van der Waals surface area contributed by atoms with Gasteiger partial charge in [0.1, 0.15) is 11.6 Å². The average Bonchev–Trinajstić information content (AvgIpc) is 2.25. The van der Waals surface area contributed by atoms with Crippen molar-refractivity contribution in [2.24, 2.45) is 0 Å². The monoisotopic (exact) mass is 227 g/mol. The number of phenols is 1. The molecule has 16 heavy (non-hydrogen) atoms. The summed E-state index contributed by atoms with van der Waals surface area (Å²) in [5, 5.41) is 20.8. The fourth-order valence-electron chi connectivity index (χ4n) is 1.24. The van der Waals surface area contributed by atoms with Crippen LogP contribution in [-0.2, 0) is 0 Å². The number of rotatable bonds is 4. The summed E-state index contributed by atoms with van der Waals surface area (Å²) in [5.74, 6) is -1.55. The van der Waals surface area contributed by atoms with Gasteiger partial charge in [0.05, 0.1) is 18.2 Å². The van der Waals surface area contributed by atoms with Crippen molar-refractivity contribution in [1.82, 2.24) is 5.32 Å². The largest absolute Gasteiger partial charge is 0.507 e. The first-order chi connectivity index (χ1) is 7.58. The van der Waals surface area contributed by atoms with Gasteiger partial charge in [-0.1, -0.05) is 6.92 Å². The minimum Gasteiger partial charge on any atom is -0.507 e. The Balaban J connectivity index is 2.80. The number of aliphatic hydroxyl groups excluding tert-OH is 1. The van der Waals surface area contributed by atoms with Gasteiger partial charge in [-0.2, -0.15) is 0 Å². The third-order valence-corrected chi connectivity index (χ3v) is 2.25. The molecule has 5 heteroatoms. The van der Waals surface area contributed by atoms with Crippen LogP contribution in [0.25, 0.3) is 0 Å². The van der Waals surface area contributed by atoms with Gasteiger partial charge in [0, 0.05) is 6.07 Å². The lowest BCUT2D eigenvalue weighted by Crippen LogP contribution is -2.36. The Morgan fingerprint density at radius 2 is 2.25 bits per heavy atom. The highest BCUT2D eigenvalue weighted by molar-refractivity contribution is 5.96. The molecule has 1 amide bonds. The van der Waals surface area contributed by atoms with Gasteiger partial charge < -0.3 is 15.5 Å². The van der Waals surface area contributed by atoms with Gasteiger partial charge in [0.15, 0.2) is 0 Å². The van der Waals surface area contributed by atoms with Crippen molar-refractivity contribution in [3.8, 4) is 5.75 Å². The predicted molar refractivity (Wildman–Crippen MR) is 56.7 cm³/mol. The summed E-state index contributed by atoms with van der Waals surface area (Å²) in [5.41, 5.74) is -0.00620. The number of amides is 1. The van der Waals surface area contributed by atoms with Crippen LogP contribution in [0, 0.1) is 5.82 Å². The molecule has 88 valence electrons. The summed E-state index contributed by atoms with van der Waals surface area (Å²) in [6.07, 6.45) is 0.574. The second-order valence-corrected chi connectivity index (χ2v) is 3.42. The van der Waals surface area contributed by atoms with Crippen LogP contribution in [0.1, 0.15) is 23.7 Å². The van der Waals surface area contributed by atoms with E-state index in [9.17, 15) is 14.3 Å². The first-order valence-electron chi connectivity index (χ1n) is 4.98. The molecule has 1 aromatic carbocycles. The Labute approximate surface area is 92.7 Å². The molecule has 0 saturated carbocycles. The van der Waals surface area contributed by atoms with Crippen molar-refractivity contribution in [1.29, 1.82) is 0 Å². The molecular weight excluding hydrogens is 213 g/mol. The predicted octanol–water partition coefficient (Wildman–Crippen LogP) is 1.03. The molecular formula is C11H14FNO3. The Bertz CT molecular complexity index is 377. The van der Waals surface area contributed by atoms with E-state index in [1.807, 2.05) is 6.92 Å². The van der Waals surface area contributed by atoms with E-state index in [-0.39, 0.29) is 18.2 Å². The first-order valence-corrected chi connectivity index (χ1v) is 4.98. The summed E-state index contributed by atoms with van der Waals surface area (Å²) in [6, 6.07) is 2.80. The summed E-state index contributed by atoms with van der Waals surface area (Å²) < 4.78 is 12.7. The first kappa shape index (κ1) is 12.4. The lowest BCUT2D eigenvalue weighted by Gasteiger charge is -2.14. The molecule has 0 saturated heterocycles. The Kier molecular flexibility index (Phi) is 4.25. The maximum absolute atomic E-state index is 12.7. The molecule has 3 N–H and O–H groups in total. The van der Waals surface area contributed by atoms with Crippen LogP contribution >= 0.6 is 0 Å². The lowest BCUT2D eigenvalue weighted by molar-refractivity contribution is 0.0912. The van der Waals surface area contributed by atoms with Crippen LogP contribution in [0.15, 0.2) is 18.2 Å². The fourth-order valence-corrected chi connectivity index (χ4v) is 1.24. The van der Waals surface area contributed by atoms with Crippen molar-refractivity contribution >= 4 is 5.91 Å². The van der Waals surface area contributed by atoms with Crippen LogP contribution in [-0.4, -0.2) is 28.8 Å². The number of aliphatic hydroxyl groups is 1. The molecule has 1 aromatic rings. The maximum Gasteiger partial charge on any atom is 0.255 e. The van der Waals surface area contributed by atoms with Gasteiger partial charge in [-0.15, -0.1) is 0 Å². The number of hydrogen-bond acceptors (Lipinski definition) is 3. The zero-order valence-corrected chi connectivity index (χ0v) is 8.90. The fraction of sp³-hybridized carbons (Fsp3) is 0.364. The standard InChI is InChI=1S/C11H14FNO3/c1-2-8(6-14)13-11(16)9-4-3-7(12)5-10(9)15/h3-5,8,14-15H,2,6H2,1H3,(H,13,16)/t8-/m0/s1. The molecule has 0 aliphatic rings. The van der Waals surface area contributed by atoms with Crippen molar-refractivity contribution < 1.29 is 19.4 Å². The van der Waals surface area contributed by atoms with Crippen LogP contribution < -0.4 is 5.32 Å². The molecule has 1 rings (SSSR count). The highest BCUT2D eigenvalue weighted by Crippen LogP contribution is 2.17. The molecule has 0 bridgehead atoms. The van der Waals surface area contributed by atoms with E-state index < -0.39 is 17.5 Å². The van der Waals surface area contributed by atoms with Crippen molar-refractivity contribution in [2.45, 2.75) is 19.4 Å². The van der Waals surface area contributed by atoms with Crippen molar-refractivity contribution in [2.75, 3.05) is 6.61 Å². The SMILES string of the molecule is CC[C@@H](CO)NC(=O)c1ccc(F)cc1O. The minimum absolute atomic E-state index is 0.00620. The van der Waals surface area contributed by atoms with Gasteiger partial charge in [-0.25, -0.2) is 4.39 Å². The van der Waals surface area contributed by atoms with Crippen LogP contribution in [0.2, 0.25) is 0 Å². The van der Waals surface area contributed by atoms with Gasteiger partial charge in [0.25, 0.3) is 5.91 Å². The zero-order valence-electron chi connectivity index (χ0n) is 8.90. The Morgan fingerprint density at radius 3 is 2.75 bits per heavy atom. The summed E-state index contributed by atoms with van der Waals surface area (Å²) in [4.78, 5) is 11.6. The molecule has 0 unspecified atom stereocenters. The molecule has 1 atom stereocenters. The van der Waals surface area contributed by atoms with Gasteiger partial charge >= 0.3 is 0 Å². The number of carbonyl (C=O) groups is 1. The molecule has 0 radical (unpaired) electrons. The third-order valence-electron chi connectivity index (χ3n) is 2.25. The minimum atomic E-state index is -0.608. The molecule has 0 aliphatic heterocycles. The van der Waals surface area contributed by atoms with E-state index in [2.05, 4.69) is 5.32 Å². The van der Waals surface area contributed by atoms with Crippen LogP contribution in [0.4, 0.5) is 4.39 Å². The molecule has 4 nitrogen and oxygen atoms in total. The van der Waals surface area contributed by atoms with Gasteiger partial charge in [-0.05, 0) is 18.6 Å². The number of aromatic hydroxyl groups is 1. The molecule has 0 spiro atoms. The highest BCUT2D eigenvalue weighted by atomic mass is 19.1. The van der Waals surface area contributed by atoms with Crippen molar-refractivity contribution in [3.05, 3.63) is 29.6 Å².